The van der Waals surface area contributed by atoms with Crippen molar-refractivity contribution in [3.05, 3.63) is 92.7 Å². The van der Waals surface area contributed by atoms with Crippen LogP contribution in [0.2, 0.25) is 5.02 Å². The van der Waals surface area contributed by atoms with E-state index in [0.29, 0.717) is 71.5 Å². The summed E-state index contributed by atoms with van der Waals surface area (Å²) in [4.78, 5) is 79.0. The van der Waals surface area contributed by atoms with Crippen LogP contribution < -0.4 is 31.3 Å². The van der Waals surface area contributed by atoms with Crippen molar-refractivity contribution in [2.45, 2.75) is 114 Å². The number of ether oxygens (including phenoxy) is 3. The molecule has 4 N–H and O–H groups in total. The van der Waals surface area contributed by atoms with E-state index in [1.165, 1.54) is 20.5 Å². The zero-order chi connectivity index (χ0) is 53.5. The highest BCUT2D eigenvalue weighted by Crippen LogP contribution is 2.46. The summed E-state index contributed by atoms with van der Waals surface area (Å²) < 4.78 is 48.7. The summed E-state index contributed by atoms with van der Waals surface area (Å²) in [6.07, 6.45) is 1.79. The molecule has 3 fully saturated rings. The predicted octanol–water partition coefficient (Wildman–Crippen LogP) is 6.75. The van der Waals surface area contributed by atoms with Crippen LogP contribution in [0.3, 0.4) is 0 Å². The Bertz CT molecular complexity index is 3190. The van der Waals surface area contributed by atoms with E-state index in [9.17, 15) is 42.3 Å². The van der Waals surface area contributed by atoms with Crippen LogP contribution >= 0.6 is 22.9 Å². The third-order valence-corrected chi connectivity index (χ3v) is 17.3. The van der Waals surface area contributed by atoms with E-state index in [-0.39, 0.29) is 64.8 Å². The van der Waals surface area contributed by atoms with E-state index in [2.05, 4.69) is 20.9 Å². The Morgan fingerprint density at radius 2 is 1.66 bits per heavy atom. The van der Waals surface area contributed by atoms with Gasteiger partial charge in [-0.25, -0.2) is 22.8 Å². The Hall–Kier alpha value is -6.26. The van der Waals surface area contributed by atoms with Crippen molar-refractivity contribution < 1.29 is 51.7 Å². The third kappa shape index (κ3) is 12.0. The van der Waals surface area contributed by atoms with Crippen molar-refractivity contribution in [3.63, 3.8) is 0 Å². The molecule has 0 saturated carbocycles. The van der Waals surface area contributed by atoms with Crippen molar-refractivity contribution in [1.29, 1.82) is 0 Å². The summed E-state index contributed by atoms with van der Waals surface area (Å²) in [5, 5.41) is 20.4. The molecule has 3 amide bonds. The number of nitrogens with zero attached hydrogens (tertiary/aromatic N) is 4. The van der Waals surface area contributed by atoms with Gasteiger partial charge in [-0.3, -0.25) is 28.8 Å². The SMILES string of the molecule is COC(=O)c1sc(-c2cccc(N[C@@H]3CCN(S(=O)(=O)Cc4cccc(NC(=O)CC5(O)CCN(c6ccc7c(c6)n(C)c(=O)n7C6CCC(=O)NC6=O)CC5)c4)C(C)(C)C3)c2)c(Cl)c1OCC(=O)OC(C)(C)C. The Morgan fingerprint density at radius 1 is 0.946 bits per heavy atom. The molecule has 0 bridgehead atoms. The number of rotatable bonds is 15. The third-order valence-electron chi connectivity index (χ3n) is 13.6. The Kier molecular flexibility index (Phi) is 15.4. The molecular weight excluding hydrogens is 1010 g/mol. The minimum atomic E-state index is -3.84. The number of carbonyl (C=O) groups is 5. The second kappa shape index (κ2) is 21.2. The van der Waals surface area contributed by atoms with Gasteiger partial charge < -0.3 is 34.9 Å². The van der Waals surface area contributed by atoms with Crippen LogP contribution in [0.1, 0.15) is 101 Å². The smallest absolute Gasteiger partial charge is 0.351 e. The first-order chi connectivity index (χ1) is 34.8. The van der Waals surface area contributed by atoms with Crippen molar-refractivity contribution in [2.75, 3.05) is 48.9 Å². The maximum atomic E-state index is 14.1. The molecule has 3 aliphatic heterocycles. The predicted molar refractivity (Wildman–Crippen MR) is 282 cm³/mol. The second-order valence-corrected chi connectivity index (χ2v) is 24.1. The molecule has 3 aliphatic rings. The monoisotopic (exact) mass is 1080 g/mol. The normalized spacial score (nSPS) is 19.2. The lowest BCUT2D eigenvalue weighted by Gasteiger charge is -2.45. The van der Waals surface area contributed by atoms with Crippen molar-refractivity contribution >= 4 is 90.7 Å². The number of piperidine rings is 3. The van der Waals surface area contributed by atoms with Crippen molar-refractivity contribution in [1.82, 2.24) is 18.8 Å². The van der Waals surface area contributed by atoms with Crippen LogP contribution in [0, 0.1) is 0 Å². The molecule has 2 aromatic heterocycles. The van der Waals surface area contributed by atoms with Gasteiger partial charge in [0, 0.05) is 61.7 Å². The number of anilines is 3. The van der Waals surface area contributed by atoms with Crippen LogP contribution in [0.5, 0.6) is 5.75 Å². The molecule has 2 atom stereocenters. The molecule has 0 radical (unpaired) electrons. The fourth-order valence-electron chi connectivity index (χ4n) is 10.1. The van der Waals surface area contributed by atoms with E-state index in [1.807, 2.05) is 50.2 Å². The van der Waals surface area contributed by atoms with Gasteiger partial charge in [-0.15, -0.1) is 11.3 Å². The number of carbonyl (C=O) groups excluding carboxylic acids is 5. The highest BCUT2D eigenvalue weighted by atomic mass is 35.5. The number of imidazole rings is 1. The van der Waals surface area contributed by atoms with E-state index >= 15 is 0 Å². The van der Waals surface area contributed by atoms with Gasteiger partial charge in [-0.2, -0.15) is 4.31 Å². The molecule has 74 heavy (non-hydrogen) atoms. The summed E-state index contributed by atoms with van der Waals surface area (Å²) >= 11 is 7.88. The molecule has 0 aliphatic carbocycles. The molecule has 1 unspecified atom stereocenters. The molecule has 5 heterocycles. The minimum Gasteiger partial charge on any atom is -0.479 e. The van der Waals surface area contributed by atoms with Crippen LogP contribution in [0.4, 0.5) is 17.1 Å². The van der Waals surface area contributed by atoms with Crippen LogP contribution in [-0.2, 0) is 51.5 Å². The van der Waals surface area contributed by atoms with Gasteiger partial charge in [-0.1, -0.05) is 35.9 Å². The number of methoxy groups -OCH3 is 1. The summed E-state index contributed by atoms with van der Waals surface area (Å²) in [7, 11) is -0.964. The number of esters is 2. The zero-order valence-corrected chi connectivity index (χ0v) is 44.8. The van der Waals surface area contributed by atoms with Gasteiger partial charge in [0.25, 0.3) is 0 Å². The Labute approximate surface area is 438 Å². The fourth-order valence-corrected chi connectivity index (χ4v) is 13.6. The van der Waals surface area contributed by atoms with Crippen LogP contribution in [0.15, 0.2) is 71.5 Å². The molecule has 3 saturated heterocycles. The average Bonchev–Trinajstić information content (AvgIpc) is 3.77. The highest BCUT2D eigenvalue weighted by Gasteiger charge is 2.42. The van der Waals surface area contributed by atoms with Crippen molar-refractivity contribution in [3.8, 4) is 16.2 Å². The number of imide groups is 1. The van der Waals surface area contributed by atoms with Gasteiger partial charge >= 0.3 is 17.6 Å². The first-order valence-corrected chi connectivity index (χ1v) is 27.2. The van der Waals surface area contributed by atoms with Gasteiger partial charge in [0.1, 0.15) is 16.7 Å². The summed E-state index contributed by atoms with van der Waals surface area (Å²) in [6, 6.07) is 18.8. The van der Waals surface area contributed by atoms with Crippen LogP contribution in [0.25, 0.3) is 21.5 Å². The van der Waals surface area contributed by atoms with Gasteiger partial charge in [-0.05, 0) is 120 Å². The average molecular weight is 1080 g/mol. The van der Waals surface area contributed by atoms with Gasteiger partial charge in [0.15, 0.2) is 17.2 Å². The summed E-state index contributed by atoms with van der Waals surface area (Å²) in [5.74, 6) is -2.85. The number of aliphatic hydroxyl groups is 1. The molecule has 22 heteroatoms. The molecule has 396 valence electrons. The van der Waals surface area contributed by atoms with Crippen molar-refractivity contribution in [2.24, 2.45) is 7.05 Å². The molecule has 0 spiro atoms. The van der Waals surface area contributed by atoms with E-state index in [0.717, 1.165) is 22.7 Å². The second-order valence-electron chi connectivity index (χ2n) is 20.8. The van der Waals surface area contributed by atoms with Gasteiger partial charge in [0.2, 0.25) is 27.7 Å². The number of fused-ring (bicyclic) bond motifs is 1. The topological polar surface area (TPSA) is 237 Å². The molecule has 19 nitrogen and oxygen atoms in total. The number of amides is 3. The van der Waals surface area contributed by atoms with Crippen LogP contribution in [-0.4, -0.2) is 113 Å². The number of sulfonamides is 1. The quantitative estimate of drug-likeness (QED) is 0.0627. The van der Waals surface area contributed by atoms with E-state index in [1.54, 1.807) is 58.2 Å². The number of benzene rings is 3. The maximum Gasteiger partial charge on any atom is 0.351 e. The molecule has 8 rings (SSSR count). The number of hydrogen-bond donors (Lipinski definition) is 4. The Balaban J connectivity index is 0.849. The first-order valence-electron chi connectivity index (χ1n) is 24.4. The maximum absolute atomic E-state index is 14.1. The molecule has 3 aromatic carbocycles. The number of aryl methyl sites for hydroxylation is 1. The number of hydrogen-bond acceptors (Lipinski definition) is 15. The zero-order valence-electron chi connectivity index (χ0n) is 42.4. The van der Waals surface area contributed by atoms with Gasteiger partial charge in [0.05, 0.1) is 40.8 Å². The lowest BCUT2D eigenvalue weighted by atomic mass is 9.87. The summed E-state index contributed by atoms with van der Waals surface area (Å²) in [5.41, 5.74) is 1.19. The summed E-state index contributed by atoms with van der Waals surface area (Å²) in [6.45, 7) is 9.64. The van der Waals surface area contributed by atoms with E-state index < -0.39 is 63.2 Å². The first kappa shape index (κ1) is 54.0. The standard InChI is InChI=1S/C52H62ClN7O12S2/c1-50(2,3)72-42(63)29-71-44-43(53)45(73-46(44)48(65)70-7)32-11-9-13-34(25-32)54-35-18-21-59(51(4,5)27-35)74(68,69)30-31-10-8-12-33(24-31)55-41(62)28-52(67)19-22-58(23-20-52)36-14-15-37-39(26-36)57(6)49(66)60(37)38-16-17-40(61)56-47(38)64/h8-15,24-26,35,38,54,67H,16-23,27-30H2,1-7H3,(H,55,62)(H,56,61,64)/t35-,38?/m1/s1. The molecule has 5 aromatic rings. The number of thiophene rings is 1. The fraction of sp³-hybridized carbons (Fsp3) is 0.462. The highest BCUT2D eigenvalue weighted by molar-refractivity contribution is 7.88. The van der Waals surface area contributed by atoms with E-state index in [4.69, 9.17) is 25.8 Å². The Morgan fingerprint density at radius 3 is 2.35 bits per heavy atom. The largest absolute Gasteiger partial charge is 0.479 e. The molecular formula is C52H62ClN7O12S2. The number of aromatic nitrogens is 2. The lowest BCUT2D eigenvalue weighted by Crippen LogP contribution is -2.55. The number of halogens is 1. The lowest BCUT2D eigenvalue weighted by molar-refractivity contribution is -0.157. The minimum absolute atomic E-state index is 0.0199. The number of nitrogens with one attached hydrogen (secondary N) is 3.